The van der Waals surface area contributed by atoms with Crippen LogP contribution in [0.25, 0.3) is 10.9 Å². The number of allylic oxidation sites excluding steroid dienone is 2. The van der Waals surface area contributed by atoms with Gasteiger partial charge in [0.1, 0.15) is 6.07 Å². The van der Waals surface area contributed by atoms with Gasteiger partial charge in [0.2, 0.25) is 5.91 Å². The molecule has 0 fully saturated rings. The molecule has 1 aliphatic rings. The van der Waals surface area contributed by atoms with E-state index in [1.807, 2.05) is 18.2 Å². The number of nitriles is 1. The maximum atomic E-state index is 13.3. The number of carbonyl (C=O) groups excluding carboxylic acids is 1. The van der Waals surface area contributed by atoms with Crippen molar-refractivity contribution in [3.63, 3.8) is 0 Å². The van der Waals surface area contributed by atoms with Crippen LogP contribution in [0.2, 0.25) is 0 Å². The van der Waals surface area contributed by atoms with E-state index in [1.54, 1.807) is 41.8 Å². The molecule has 1 aliphatic carbocycles. The van der Waals surface area contributed by atoms with Crippen LogP contribution in [0, 0.1) is 11.3 Å². The van der Waals surface area contributed by atoms with Crippen LogP contribution in [-0.2, 0) is 11.3 Å². The Balaban J connectivity index is 1.60. The van der Waals surface area contributed by atoms with E-state index in [2.05, 4.69) is 17.5 Å². The van der Waals surface area contributed by atoms with Crippen molar-refractivity contribution in [2.24, 2.45) is 0 Å². The summed E-state index contributed by atoms with van der Waals surface area (Å²) in [6.07, 6.45) is 7.70. The minimum atomic E-state index is -0.509. The smallest absolute Gasteiger partial charge is 0.262 e. The second-order valence-corrected chi connectivity index (χ2v) is 9.44. The molecule has 1 amide bonds. The summed E-state index contributed by atoms with van der Waals surface area (Å²) in [4.78, 5) is 30.9. The molecule has 3 aromatic rings. The van der Waals surface area contributed by atoms with Crippen LogP contribution < -0.4 is 10.9 Å². The molecule has 33 heavy (non-hydrogen) atoms. The van der Waals surface area contributed by atoms with Crippen LogP contribution in [-0.4, -0.2) is 20.7 Å². The third-order valence-corrected chi connectivity index (χ3v) is 6.92. The summed E-state index contributed by atoms with van der Waals surface area (Å²) in [5.74, 6) is -0.244. The number of nitrogens with one attached hydrogen (secondary N) is 1. The first-order chi connectivity index (χ1) is 16.1. The van der Waals surface area contributed by atoms with Gasteiger partial charge in [-0.1, -0.05) is 47.7 Å². The molecule has 0 spiro atoms. The lowest BCUT2D eigenvalue weighted by atomic mass is 9.97. The maximum Gasteiger partial charge on any atom is 0.262 e. The van der Waals surface area contributed by atoms with Crippen molar-refractivity contribution in [2.75, 3.05) is 5.32 Å². The molecule has 1 aromatic heterocycles. The average Bonchev–Trinajstić information content (AvgIpc) is 2.84. The summed E-state index contributed by atoms with van der Waals surface area (Å²) >= 11 is 1.26. The van der Waals surface area contributed by atoms with Gasteiger partial charge in [-0.3, -0.25) is 14.2 Å². The first kappa shape index (κ1) is 22.8. The molecule has 7 heteroatoms. The molecule has 168 valence electrons. The van der Waals surface area contributed by atoms with Crippen molar-refractivity contribution < 1.29 is 4.79 Å². The minimum Gasteiger partial charge on any atom is -0.324 e. The molecule has 2 aromatic carbocycles. The number of carbonyl (C=O) groups is 1. The van der Waals surface area contributed by atoms with Gasteiger partial charge in [-0.05, 0) is 63.3 Å². The summed E-state index contributed by atoms with van der Waals surface area (Å²) in [5, 5.41) is 12.7. The van der Waals surface area contributed by atoms with Crippen LogP contribution in [0.1, 0.15) is 44.6 Å². The largest absolute Gasteiger partial charge is 0.324 e. The lowest BCUT2D eigenvalue weighted by Gasteiger charge is -2.18. The van der Waals surface area contributed by atoms with Crippen LogP contribution in [0.5, 0.6) is 0 Å². The number of rotatable bonds is 7. The lowest BCUT2D eigenvalue weighted by molar-refractivity contribution is -0.115. The molecule has 0 aliphatic heterocycles. The SMILES string of the molecule is CC(Sc1nc2ccccc2c(=O)n1CCC1=CCCCC1)C(=O)Nc1ccccc1C#N. The van der Waals surface area contributed by atoms with Crippen LogP contribution in [0.3, 0.4) is 0 Å². The number of hydrogen-bond donors (Lipinski definition) is 1. The molecule has 1 unspecified atom stereocenters. The second-order valence-electron chi connectivity index (χ2n) is 8.13. The van der Waals surface area contributed by atoms with Gasteiger partial charge in [0.05, 0.1) is 27.4 Å². The Morgan fingerprint density at radius 3 is 2.79 bits per heavy atom. The fourth-order valence-corrected chi connectivity index (χ4v) is 4.89. The van der Waals surface area contributed by atoms with Crippen molar-refractivity contribution >= 4 is 34.3 Å². The number of benzene rings is 2. The van der Waals surface area contributed by atoms with Gasteiger partial charge in [0, 0.05) is 6.54 Å². The molecule has 1 atom stereocenters. The van der Waals surface area contributed by atoms with Crippen molar-refractivity contribution in [3.05, 3.63) is 76.1 Å². The molecule has 4 rings (SSSR count). The minimum absolute atomic E-state index is 0.0815. The van der Waals surface area contributed by atoms with E-state index in [-0.39, 0.29) is 11.5 Å². The third-order valence-electron chi connectivity index (χ3n) is 5.82. The summed E-state index contributed by atoms with van der Waals surface area (Å²) in [6.45, 7) is 2.32. The quantitative estimate of drug-likeness (QED) is 0.296. The van der Waals surface area contributed by atoms with Crippen LogP contribution in [0.15, 0.2) is 70.1 Å². The molecule has 0 bridgehead atoms. The third kappa shape index (κ3) is 5.35. The Bertz CT molecular complexity index is 1310. The fourth-order valence-electron chi connectivity index (χ4n) is 3.96. The Labute approximate surface area is 197 Å². The molecular formula is C26H26N4O2S. The van der Waals surface area contributed by atoms with Crippen LogP contribution >= 0.6 is 11.8 Å². The number of nitrogens with zero attached hydrogens (tertiary/aromatic N) is 3. The Morgan fingerprint density at radius 2 is 2.00 bits per heavy atom. The van der Waals surface area contributed by atoms with E-state index >= 15 is 0 Å². The fraction of sp³-hybridized carbons (Fsp3) is 0.308. The van der Waals surface area contributed by atoms with Gasteiger partial charge < -0.3 is 5.32 Å². The molecule has 6 nitrogen and oxygen atoms in total. The highest BCUT2D eigenvalue weighted by Gasteiger charge is 2.20. The summed E-state index contributed by atoms with van der Waals surface area (Å²) in [7, 11) is 0. The molecule has 0 radical (unpaired) electrons. The molecule has 1 N–H and O–H groups in total. The van der Waals surface area contributed by atoms with E-state index < -0.39 is 5.25 Å². The van der Waals surface area contributed by atoms with E-state index in [9.17, 15) is 14.9 Å². The molecular weight excluding hydrogens is 432 g/mol. The van der Waals surface area contributed by atoms with Crippen molar-refractivity contribution in [1.82, 2.24) is 9.55 Å². The van der Waals surface area contributed by atoms with Gasteiger partial charge in [-0.2, -0.15) is 5.26 Å². The highest BCUT2D eigenvalue weighted by molar-refractivity contribution is 8.00. The normalized spacial score (nSPS) is 14.4. The predicted molar refractivity (Wildman–Crippen MR) is 132 cm³/mol. The van der Waals surface area contributed by atoms with Gasteiger partial charge in [0.15, 0.2) is 5.16 Å². The second kappa shape index (κ2) is 10.5. The first-order valence-corrected chi connectivity index (χ1v) is 12.1. The van der Waals surface area contributed by atoms with Gasteiger partial charge in [-0.25, -0.2) is 4.98 Å². The number of thioether (sulfide) groups is 1. The van der Waals surface area contributed by atoms with E-state index in [1.165, 1.54) is 30.2 Å². The number of anilines is 1. The van der Waals surface area contributed by atoms with Crippen LogP contribution in [0.4, 0.5) is 5.69 Å². The predicted octanol–water partition coefficient (Wildman–Crippen LogP) is 5.28. The maximum absolute atomic E-state index is 13.3. The highest BCUT2D eigenvalue weighted by Crippen LogP contribution is 2.26. The Kier molecular flexibility index (Phi) is 7.26. The zero-order valence-corrected chi connectivity index (χ0v) is 19.4. The standard InChI is InChI=1S/C26H26N4O2S/c1-18(24(31)28-22-13-7-5-11-20(22)17-27)33-26-29-23-14-8-6-12-21(23)25(32)30(26)16-15-19-9-3-2-4-10-19/h5-9,11-14,18H,2-4,10,15-16H2,1H3,(H,28,31). The van der Waals surface area contributed by atoms with Gasteiger partial charge in [-0.15, -0.1) is 0 Å². The number of amides is 1. The summed E-state index contributed by atoms with van der Waals surface area (Å²) in [6, 6.07) is 16.3. The number of para-hydroxylation sites is 2. The molecule has 1 heterocycles. The van der Waals surface area contributed by atoms with Crippen molar-refractivity contribution in [1.29, 1.82) is 5.26 Å². The van der Waals surface area contributed by atoms with E-state index in [4.69, 9.17) is 4.98 Å². The van der Waals surface area contributed by atoms with Crippen molar-refractivity contribution in [3.8, 4) is 6.07 Å². The zero-order chi connectivity index (χ0) is 23.2. The molecule has 0 saturated carbocycles. The lowest BCUT2D eigenvalue weighted by Crippen LogP contribution is -2.27. The first-order valence-electron chi connectivity index (χ1n) is 11.2. The van der Waals surface area contributed by atoms with Gasteiger partial charge >= 0.3 is 0 Å². The summed E-state index contributed by atoms with van der Waals surface area (Å²) in [5.41, 5.74) is 2.81. The number of hydrogen-bond acceptors (Lipinski definition) is 5. The Morgan fingerprint density at radius 1 is 1.21 bits per heavy atom. The van der Waals surface area contributed by atoms with E-state index in [0.717, 1.165) is 19.3 Å². The average molecular weight is 459 g/mol. The highest BCUT2D eigenvalue weighted by atomic mass is 32.2. The Hall–Kier alpha value is -3.37. The van der Waals surface area contributed by atoms with Crippen molar-refractivity contribution in [2.45, 2.75) is 56.0 Å². The van der Waals surface area contributed by atoms with E-state index in [0.29, 0.717) is 33.9 Å². The zero-order valence-electron chi connectivity index (χ0n) is 18.6. The monoisotopic (exact) mass is 458 g/mol. The topological polar surface area (TPSA) is 87.8 Å². The van der Waals surface area contributed by atoms with Gasteiger partial charge in [0.25, 0.3) is 5.56 Å². The number of aromatic nitrogens is 2. The summed E-state index contributed by atoms with van der Waals surface area (Å²) < 4.78 is 1.70. The number of fused-ring (bicyclic) bond motifs is 1. The molecule has 0 saturated heterocycles.